The van der Waals surface area contributed by atoms with Crippen LogP contribution in [0.15, 0.2) is 41.2 Å². The number of hydrogen-bond donors (Lipinski definition) is 1. The second-order valence-corrected chi connectivity index (χ2v) is 5.83. The molecule has 136 valence electrons. The van der Waals surface area contributed by atoms with Crippen LogP contribution in [0, 0.1) is 0 Å². The molecule has 7 nitrogen and oxygen atoms in total. The second kappa shape index (κ2) is 7.20. The highest BCUT2D eigenvalue weighted by molar-refractivity contribution is 6.21. The van der Waals surface area contributed by atoms with Gasteiger partial charge in [-0.2, -0.15) is 13.8 Å². The summed E-state index contributed by atoms with van der Waals surface area (Å²) in [6.45, 7) is 1.95. The number of anilines is 1. The van der Waals surface area contributed by atoms with Crippen LogP contribution in [-0.4, -0.2) is 27.2 Å². The van der Waals surface area contributed by atoms with Gasteiger partial charge in [0.15, 0.2) is 0 Å². The normalized spacial score (nSPS) is 12.7. The van der Waals surface area contributed by atoms with Crippen molar-refractivity contribution < 1.29 is 18.0 Å². The van der Waals surface area contributed by atoms with Crippen LogP contribution in [-0.2, 0) is 5.38 Å². The molecule has 0 saturated carbocycles. The molecule has 3 aromatic rings. The quantitative estimate of drug-likeness (QED) is 0.646. The standard InChI is InChI=1S/C16H14ClF2N5O2/c1-9(10-3-5-12(25-2)6-4-10)22-15-20-7-11(8-21-15)13-23-14(26-24-13)16(17,18)19/h3-9H,1-2H3,(H,20,21,22). The molecule has 0 spiro atoms. The average molecular weight is 382 g/mol. The Morgan fingerprint density at radius 2 is 1.85 bits per heavy atom. The van der Waals surface area contributed by atoms with E-state index in [1.165, 1.54) is 12.4 Å². The lowest BCUT2D eigenvalue weighted by Gasteiger charge is -2.14. The number of alkyl halides is 3. The van der Waals surface area contributed by atoms with Gasteiger partial charge in [0.25, 0.3) is 0 Å². The Bertz CT molecular complexity index is 866. The van der Waals surface area contributed by atoms with Crippen LogP contribution >= 0.6 is 11.6 Å². The predicted molar refractivity (Wildman–Crippen MR) is 90.1 cm³/mol. The molecule has 2 heterocycles. The third-order valence-corrected chi connectivity index (χ3v) is 3.70. The summed E-state index contributed by atoms with van der Waals surface area (Å²) in [5.41, 5.74) is 1.34. The van der Waals surface area contributed by atoms with Gasteiger partial charge in [0.1, 0.15) is 5.75 Å². The van der Waals surface area contributed by atoms with Gasteiger partial charge in [-0.05, 0) is 36.2 Å². The summed E-state index contributed by atoms with van der Waals surface area (Å²) in [4.78, 5) is 11.8. The zero-order chi connectivity index (χ0) is 18.7. The molecule has 0 amide bonds. The summed E-state index contributed by atoms with van der Waals surface area (Å²) >= 11 is 4.84. The summed E-state index contributed by atoms with van der Waals surface area (Å²) in [6.07, 6.45) is 2.80. The van der Waals surface area contributed by atoms with Crippen molar-refractivity contribution in [2.24, 2.45) is 0 Å². The molecule has 0 aliphatic rings. The minimum absolute atomic E-state index is 0.0570. The summed E-state index contributed by atoms with van der Waals surface area (Å²) in [5, 5.41) is 2.86. The molecule has 26 heavy (non-hydrogen) atoms. The molecule has 0 bridgehead atoms. The largest absolute Gasteiger partial charge is 0.497 e. The molecule has 0 aliphatic carbocycles. The van der Waals surface area contributed by atoms with Crippen molar-refractivity contribution >= 4 is 17.5 Å². The van der Waals surface area contributed by atoms with Crippen molar-refractivity contribution in [2.45, 2.75) is 18.3 Å². The van der Waals surface area contributed by atoms with E-state index in [1.807, 2.05) is 31.2 Å². The van der Waals surface area contributed by atoms with E-state index in [4.69, 9.17) is 16.3 Å². The molecule has 10 heteroatoms. The molecule has 1 aromatic carbocycles. The van der Waals surface area contributed by atoms with E-state index in [-0.39, 0.29) is 11.9 Å². The van der Waals surface area contributed by atoms with E-state index in [9.17, 15) is 8.78 Å². The highest BCUT2D eigenvalue weighted by Gasteiger charge is 2.35. The van der Waals surface area contributed by atoms with Gasteiger partial charge < -0.3 is 14.6 Å². The van der Waals surface area contributed by atoms with Crippen LogP contribution in [0.4, 0.5) is 14.7 Å². The van der Waals surface area contributed by atoms with Gasteiger partial charge in [-0.15, -0.1) is 0 Å². The minimum Gasteiger partial charge on any atom is -0.497 e. The van der Waals surface area contributed by atoms with Crippen molar-refractivity contribution in [1.29, 1.82) is 0 Å². The van der Waals surface area contributed by atoms with E-state index >= 15 is 0 Å². The molecule has 1 unspecified atom stereocenters. The molecule has 1 atom stereocenters. The van der Waals surface area contributed by atoms with Crippen molar-refractivity contribution in [3.05, 3.63) is 48.1 Å². The number of aromatic nitrogens is 4. The van der Waals surface area contributed by atoms with E-state index in [2.05, 4.69) is 29.9 Å². The Labute approximate surface area is 152 Å². The molecule has 0 saturated heterocycles. The third-order valence-electron chi connectivity index (χ3n) is 3.54. The lowest BCUT2D eigenvalue weighted by molar-refractivity contribution is 0.0551. The fourth-order valence-corrected chi connectivity index (χ4v) is 2.22. The fraction of sp³-hybridized carbons (Fsp3) is 0.250. The average Bonchev–Trinajstić information content (AvgIpc) is 3.13. The highest BCUT2D eigenvalue weighted by atomic mass is 35.5. The number of rotatable bonds is 6. The first kappa shape index (κ1) is 18.0. The maximum Gasteiger partial charge on any atom is 0.400 e. The van der Waals surface area contributed by atoms with E-state index in [1.54, 1.807) is 7.11 Å². The molecule has 0 aliphatic heterocycles. The molecule has 0 fully saturated rings. The lowest BCUT2D eigenvalue weighted by atomic mass is 10.1. The molecule has 3 rings (SSSR count). The maximum atomic E-state index is 12.9. The second-order valence-electron chi connectivity index (χ2n) is 5.36. The molecular formula is C16H14ClF2N5O2. The maximum absolute atomic E-state index is 12.9. The lowest BCUT2D eigenvalue weighted by Crippen LogP contribution is -2.09. The van der Waals surface area contributed by atoms with Gasteiger partial charge in [-0.25, -0.2) is 9.97 Å². The fourth-order valence-electron chi connectivity index (χ4n) is 2.14. The topological polar surface area (TPSA) is 86.0 Å². The van der Waals surface area contributed by atoms with Crippen molar-refractivity contribution in [3.63, 3.8) is 0 Å². The summed E-state index contributed by atoms with van der Waals surface area (Å²) in [5.74, 6) is 0.0755. The SMILES string of the molecule is COc1ccc(C(C)Nc2ncc(-c3noc(C(F)(F)Cl)n3)cn2)cc1. The van der Waals surface area contributed by atoms with Crippen LogP contribution in [0.5, 0.6) is 5.75 Å². The van der Waals surface area contributed by atoms with Gasteiger partial charge in [-0.1, -0.05) is 17.3 Å². The number of hydrogen-bond acceptors (Lipinski definition) is 7. The first-order valence-electron chi connectivity index (χ1n) is 7.50. The zero-order valence-electron chi connectivity index (χ0n) is 13.8. The highest BCUT2D eigenvalue weighted by Crippen LogP contribution is 2.32. The Morgan fingerprint density at radius 1 is 1.19 bits per heavy atom. The molecule has 1 N–H and O–H groups in total. The number of nitrogens with one attached hydrogen (secondary N) is 1. The summed E-state index contributed by atoms with van der Waals surface area (Å²) < 4.78 is 35.4. The minimum atomic E-state index is -3.72. The van der Waals surface area contributed by atoms with Crippen molar-refractivity contribution in [1.82, 2.24) is 20.1 Å². The molecule has 0 radical (unpaired) electrons. The number of methoxy groups -OCH3 is 1. The predicted octanol–water partition coefficient (Wildman–Crippen LogP) is 4.00. The molecular weight excluding hydrogens is 368 g/mol. The van der Waals surface area contributed by atoms with Gasteiger partial charge >= 0.3 is 11.3 Å². The number of halogens is 3. The smallest absolute Gasteiger partial charge is 0.400 e. The van der Waals surface area contributed by atoms with Crippen LogP contribution < -0.4 is 10.1 Å². The van der Waals surface area contributed by atoms with Gasteiger partial charge in [0, 0.05) is 12.4 Å². The van der Waals surface area contributed by atoms with E-state index in [0.717, 1.165) is 11.3 Å². The summed E-state index contributed by atoms with van der Waals surface area (Å²) in [7, 11) is 1.60. The zero-order valence-corrected chi connectivity index (χ0v) is 14.5. The van der Waals surface area contributed by atoms with Crippen LogP contribution in [0.2, 0.25) is 0 Å². The van der Waals surface area contributed by atoms with E-state index < -0.39 is 11.3 Å². The van der Waals surface area contributed by atoms with Gasteiger partial charge in [-0.3, -0.25) is 0 Å². The van der Waals surface area contributed by atoms with E-state index in [0.29, 0.717) is 11.5 Å². The summed E-state index contributed by atoms with van der Waals surface area (Å²) in [6, 6.07) is 7.52. The Balaban J connectivity index is 1.70. The van der Waals surface area contributed by atoms with Crippen molar-refractivity contribution in [2.75, 3.05) is 12.4 Å². The third kappa shape index (κ3) is 4.05. The monoisotopic (exact) mass is 381 g/mol. The Hall–Kier alpha value is -2.81. The van der Waals surface area contributed by atoms with Crippen LogP contribution in [0.1, 0.15) is 24.4 Å². The number of ether oxygens (including phenoxy) is 1. The van der Waals surface area contributed by atoms with Gasteiger partial charge in [0.05, 0.1) is 18.7 Å². The number of benzene rings is 1. The van der Waals surface area contributed by atoms with Crippen LogP contribution in [0.3, 0.4) is 0 Å². The van der Waals surface area contributed by atoms with Gasteiger partial charge in [0.2, 0.25) is 11.8 Å². The first-order chi connectivity index (χ1) is 12.4. The molecule has 2 aromatic heterocycles. The number of nitrogens with zero attached hydrogens (tertiary/aromatic N) is 4. The Kier molecular flexibility index (Phi) is 4.99. The van der Waals surface area contributed by atoms with Crippen molar-refractivity contribution in [3.8, 4) is 17.1 Å². The first-order valence-corrected chi connectivity index (χ1v) is 7.88. The van der Waals surface area contributed by atoms with Crippen LogP contribution in [0.25, 0.3) is 11.4 Å². The Morgan fingerprint density at radius 3 is 2.38 bits per heavy atom.